The van der Waals surface area contributed by atoms with E-state index < -0.39 is 5.97 Å². The zero-order valence-corrected chi connectivity index (χ0v) is 23.1. The molecule has 0 aromatic carbocycles. The second kappa shape index (κ2) is 25.0. The number of aliphatic carboxylic acids is 1. The maximum atomic E-state index is 13.4. The summed E-state index contributed by atoms with van der Waals surface area (Å²) in [6.07, 6.45) is 22.5. The minimum absolute atomic E-state index is 0.0426. The molecule has 0 heterocycles. The first-order chi connectivity index (χ1) is 16.6. The number of carbonyl (C=O) groups excluding carboxylic acids is 1. The smallest absolute Gasteiger partial charge is 0.303 e. The van der Waals surface area contributed by atoms with Crippen molar-refractivity contribution in [2.24, 2.45) is 0 Å². The molecule has 0 aliphatic carbocycles. The summed E-state index contributed by atoms with van der Waals surface area (Å²) in [5.74, 6) is -0.711. The van der Waals surface area contributed by atoms with E-state index in [1.807, 2.05) is 4.90 Å². The first-order valence-electron chi connectivity index (χ1n) is 14.8. The first-order valence-corrected chi connectivity index (χ1v) is 14.8. The van der Waals surface area contributed by atoms with Crippen molar-refractivity contribution in [2.75, 3.05) is 19.6 Å². The fourth-order valence-corrected chi connectivity index (χ4v) is 4.48. The van der Waals surface area contributed by atoms with Crippen LogP contribution in [0.2, 0.25) is 0 Å². The predicted molar refractivity (Wildman–Crippen MR) is 145 cm³/mol. The number of carboxylic acids is 1. The number of hydrogen-bond donors (Lipinski definition) is 2. The van der Waals surface area contributed by atoms with E-state index in [0.29, 0.717) is 6.42 Å². The van der Waals surface area contributed by atoms with Crippen molar-refractivity contribution < 1.29 is 14.7 Å². The second-order valence-corrected chi connectivity index (χ2v) is 10.1. The molecule has 1 atom stereocenters. The Balaban J connectivity index is 4.49. The molecule has 0 radical (unpaired) electrons. The Labute approximate surface area is 211 Å². The molecule has 0 aromatic rings. The lowest BCUT2D eigenvalue weighted by atomic mass is 10.1. The summed E-state index contributed by atoms with van der Waals surface area (Å²) in [5.41, 5.74) is 0. The van der Waals surface area contributed by atoms with Crippen LogP contribution in [0.3, 0.4) is 0 Å². The Morgan fingerprint density at radius 1 is 0.647 bits per heavy atom. The van der Waals surface area contributed by atoms with E-state index in [4.69, 9.17) is 0 Å². The van der Waals surface area contributed by atoms with Crippen LogP contribution in [0.1, 0.15) is 149 Å². The zero-order chi connectivity index (χ0) is 25.3. The molecule has 1 amide bonds. The van der Waals surface area contributed by atoms with Gasteiger partial charge in [-0.2, -0.15) is 0 Å². The van der Waals surface area contributed by atoms with Gasteiger partial charge in [0.1, 0.15) is 0 Å². The average Bonchev–Trinajstić information content (AvgIpc) is 2.82. The summed E-state index contributed by atoms with van der Waals surface area (Å²) in [4.78, 5) is 26.6. The molecule has 0 spiro atoms. The molecule has 5 heteroatoms. The van der Waals surface area contributed by atoms with E-state index in [2.05, 4.69) is 26.1 Å². The van der Waals surface area contributed by atoms with Gasteiger partial charge >= 0.3 is 5.97 Å². The lowest BCUT2D eigenvalue weighted by Crippen LogP contribution is -2.47. The molecule has 0 fully saturated rings. The van der Waals surface area contributed by atoms with Crippen LogP contribution in [0.25, 0.3) is 0 Å². The number of rotatable bonds is 26. The average molecular weight is 483 g/mol. The van der Waals surface area contributed by atoms with Crippen LogP contribution in [0, 0.1) is 0 Å². The molecule has 0 unspecified atom stereocenters. The third-order valence-electron chi connectivity index (χ3n) is 6.74. The van der Waals surface area contributed by atoms with Gasteiger partial charge in [-0.25, -0.2) is 0 Å². The number of carboxylic acid groups (broad SMARTS) is 1. The van der Waals surface area contributed by atoms with Gasteiger partial charge in [-0.1, -0.05) is 117 Å². The summed E-state index contributed by atoms with van der Waals surface area (Å²) in [7, 11) is 0. The van der Waals surface area contributed by atoms with Crippen LogP contribution in [0.15, 0.2) is 0 Å². The van der Waals surface area contributed by atoms with Crippen molar-refractivity contribution in [2.45, 2.75) is 155 Å². The number of nitrogens with one attached hydrogen (secondary N) is 1. The Morgan fingerprint density at radius 2 is 1.06 bits per heavy atom. The highest BCUT2D eigenvalue weighted by atomic mass is 16.4. The summed E-state index contributed by atoms with van der Waals surface area (Å²) in [6, 6.07) is -0.369. The van der Waals surface area contributed by atoms with Crippen molar-refractivity contribution in [1.82, 2.24) is 10.2 Å². The molecule has 0 aliphatic heterocycles. The standard InChI is InChI=1S/C29H58N2O3/c1-4-7-10-13-14-15-16-17-18-19-24-30-27(22-23-28(32)33)29(34)31(25-20-11-8-5-2)26-21-12-9-6-3/h27,30H,4-26H2,1-3H3,(H,32,33)/t27-/m0/s1. The van der Waals surface area contributed by atoms with Gasteiger partial charge in [-0.15, -0.1) is 0 Å². The maximum absolute atomic E-state index is 13.4. The van der Waals surface area contributed by atoms with E-state index in [-0.39, 0.29) is 18.4 Å². The van der Waals surface area contributed by atoms with Gasteiger partial charge in [-0.3, -0.25) is 9.59 Å². The highest BCUT2D eigenvalue weighted by Gasteiger charge is 2.24. The first kappa shape index (κ1) is 32.9. The van der Waals surface area contributed by atoms with Gasteiger partial charge in [0.2, 0.25) is 5.91 Å². The van der Waals surface area contributed by atoms with Crippen molar-refractivity contribution in [3.05, 3.63) is 0 Å². The van der Waals surface area contributed by atoms with Gasteiger partial charge in [-0.05, 0) is 32.2 Å². The molecular formula is C29H58N2O3. The zero-order valence-electron chi connectivity index (χ0n) is 23.1. The lowest BCUT2D eigenvalue weighted by molar-refractivity contribution is -0.138. The van der Waals surface area contributed by atoms with Gasteiger partial charge in [0, 0.05) is 19.5 Å². The summed E-state index contributed by atoms with van der Waals surface area (Å²) in [5, 5.41) is 12.6. The van der Waals surface area contributed by atoms with Crippen LogP contribution in [-0.2, 0) is 9.59 Å². The maximum Gasteiger partial charge on any atom is 0.303 e. The SMILES string of the molecule is CCCCCCCCCCCCN[C@@H](CCC(=O)O)C(=O)N(CCCCCC)CCCCCC. The van der Waals surface area contributed by atoms with Crippen LogP contribution >= 0.6 is 0 Å². The fourth-order valence-electron chi connectivity index (χ4n) is 4.48. The van der Waals surface area contributed by atoms with Crippen molar-refractivity contribution in [1.29, 1.82) is 0 Å². The van der Waals surface area contributed by atoms with E-state index in [0.717, 1.165) is 51.7 Å². The molecule has 0 bridgehead atoms. The number of nitrogens with zero attached hydrogens (tertiary/aromatic N) is 1. The third-order valence-corrected chi connectivity index (χ3v) is 6.74. The molecular weight excluding hydrogens is 424 g/mol. The van der Waals surface area contributed by atoms with Crippen LogP contribution in [0.5, 0.6) is 0 Å². The Bertz CT molecular complexity index is 458. The quantitative estimate of drug-likeness (QED) is 0.124. The minimum Gasteiger partial charge on any atom is -0.481 e. The minimum atomic E-state index is -0.823. The largest absolute Gasteiger partial charge is 0.481 e. The molecule has 0 aliphatic rings. The molecule has 0 rings (SSSR count). The van der Waals surface area contributed by atoms with Crippen molar-refractivity contribution in [3.63, 3.8) is 0 Å². The van der Waals surface area contributed by atoms with Gasteiger partial charge in [0.05, 0.1) is 6.04 Å². The Morgan fingerprint density at radius 3 is 1.50 bits per heavy atom. The lowest BCUT2D eigenvalue weighted by Gasteiger charge is -2.28. The van der Waals surface area contributed by atoms with E-state index >= 15 is 0 Å². The second-order valence-electron chi connectivity index (χ2n) is 10.1. The summed E-state index contributed by atoms with van der Waals surface area (Å²) >= 11 is 0. The normalized spacial score (nSPS) is 12.1. The van der Waals surface area contributed by atoms with E-state index in [1.54, 1.807) is 0 Å². The summed E-state index contributed by atoms with van der Waals surface area (Å²) < 4.78 is 0. The van der Waals surface area contributed by atoms with E-state index in [9.17, 15) is 14.7 Å². The summed E-state index contributed by atoms with van der Waals surface area (Å²) in [6.45, 7) is 9.06. The van der Waals surface area contributed by atoms with E-state index in [1.165, 1.54) is 83.5 Å². The topological polar surface area (TPSA) is 69.6 Å². The number of amides is 1. The van der Waals surface area contributed by atoms with Crippen LogP contribution in [-0.4, -0.2) is 47.6 Å². The molecule has 34 heavy (non-hydrogen) atoms. The highest BCUT2D eigenvalue weighted by molar-refractivity contribution is 5.82. The van der Waals surface area contributed by atoms with Crippen molar-refractivity contribution >= 4 is 11.9 Å². The molecule has 0 saturated heterocycles. The third kappa shape index (κ3) is 20.3. The molecule has 0 aromatic heterocycles. The van der Waals surface area contributed by atoms with Crippen LogP contribution in [0.4, 0.5) is 0 Å². The highest BCUT2D eigenvalue weighted by Crippen LogP contribution is 2.12. The predicted octanol–water partition coefficient (Wildman–Crippen LogP) is 7.72. The Hall–Kier alpha value is -1.10. The van der Waals surface area contributed by atoms with Gasteiger partial charge in [0.25, 0.3) is 0 Å². The number of carbonyl (C=O) groups is 2. The van der Waals surface area contributed by atoms with Crippen LogP contribution < -0.4 is 5.32 Å². The van der Waals surface area contributed by atoms with Gasteiger partial charge < -0.3 is 15.3 Å². The molecule has 2 N–H and O–H groups in total. The monoisotopic (exact) mass is 482 g/mol. The van der Waals surface area contributed by atoms with Crippen molar-refractivity contribution in [3.8, 4) is 0 Å². The number of hydrogen-bond acceptors (Lipinski definition) is 3. The number of unbranched alkanes of at least 4 members (excludes halogenated alkanes) is 15. The Kier molecular flexibility index (Phi) is 24.2. The molecule has 5 nitrogen and oxygen atoms in total. The molecule has 202 valence electrons. The van der Waals surface area contributed by atoms with Gasteiger partial charge in [0.15, 0.2) is 0 Å². The fraction of sp³-hybridized carbons (Fsp3) is 0.931. The molecule has 0 saturated carbocycles.